The average molecular weight is 416 g/mol. The highest BCUT2D eigenvalue weighted by Gasteiger charge is 2.17. The van der Waals surface area contributed by atoms with Crippen molar-refractivity contribution in [1.29, 1.82) is 0 Å². The lowest BCUT2D eigenvalue weighted by Crippen LogP contribution is -2.01. The van der Waals surface area contributed by atoms with Gasteiger partial charge in [-0.25, -0.2) is 0 Å². The van der Waals surface area contributed by atoms with Gasteiger partial charge in [0.05, 0.1) is 12.8 Å². The van der Waals surface area contributed by atoms with Gasteiger partial charge < -0.3 is 4.74 Å². The molecule has 0 saturated carbocycles. The number of ether oxygens (including phenoxy) is 1. The van der Waals surface area contributed by atoms with Crippen molar-refractivity contribution in [3.05, 3.63) is 120 Å². The van der Waals surface area contributed by atoms with Gasteiger partial charge in [0.15, 0.2) is 0 Å². The molecule has 2 heteroatoms. The van der Waals surface area contributed by atoms with E-state index < -0.39 is 0 Å². The van der Waals surface area contributed by atoms with E-state index in [0.29, 0.717) is 0 Å². The molecule has 0 spiro atoms. The Hall–Kier alpha value is -3.91. The fourth-order valence-corrected chi connectivity index (χ4v) is 4.29. The summed E-state index contributed by atoms with van der Waals surface area (Å²) in [5.74, 6) is 0.855. The molecule has 0 amide bonds. The normalized spacial score (nSPS) is 10.9. The van der Waals surface area contributed by atoms with E-state index in [1.165, 1.54) is 16.3 Å². The molecule has 0 radical (unpaired) electrons. The number of aromatic nitrogens is 1. The molecule has 0 atom stereocenters. The molecule has 156 valence electrons. The first-order chi connectivity index (χ1) is 15.8. The predicted octanol–water partition coefficient (Wildman–Crippen LogP) is 7.36. The van der Waals surface area contributed by atoms with Crippen molar-refractivity contribution in [3.63, 3.8) is 0 Å². The van der Waals surface area contributed by atoms with Crippen LogP contribution < -0.4 is 4.74 Å². The summed E-state index contributed by atoms with van der Waals surface area (Å²) >= 11 is 0. The van der Waals surface area contributed by atoms with Crippen molar-refractivity contribution in [2.75, 3.05) is 7.11 Å². The second-order valence-electron chi connectivity index (χ2n) is 7.91. The molecular weight excluding hydrogens is 390 g/mol. The molecule has 2 nitrogen and oxygen atoms in total. The monoisotopic (exact) mass is 415 g/mol. The first kappa shape index (κ1) is 20.0. The SMILES string of the molecule is COc1ccc2c(CCc3ccccc3)nc(-c3ccccc3)c(-c3ccccc3)c2c1. The molecule has 4 aromatic carbocycles. The Morgan fingerprint density at radius 2 is 1.25 bits per heavy atom. The van der Waals surface area contributed by atoms with Gasteiger partial charge in [-0.05, 0) is 47.6 Å². The largest absolute Gasteiger partial charge is 0.497 e. The van der Waals surface area contributed by atoms with Crippen LogP contribution >= 0.6 is 0 Å². The van der Waals surface area contributed by atoms with E-state index in [9.17, 15) is 0 Å². The number of fused-ring (bicyclic) bond motifs is 1. The van der Waals surface area contributed by atoms with Crippen LogP contribution in [-0.2, 0) is 12.8 Å². The molecule has 0 N–H and O–H groups in total. The van der Waals surface area contributed by atoms with E-state index in [4.69, 9.17) is 9.72 Å². The van der Waals surface area contributed by atoms with Gasteiger partial charge in [0, 0.05) is 22.2 Å². The van der Waals surface area contributed by atoms with Crippen LogP contribution in [0.4, 0.5) is 0 Å². The molecule has 0 aliphatic heterocycles. The molecule has 1 aromatic heterocycles. The van der Waals surface area contributed by atoms with Crippen LogP contribution in [0.5, 0.6) is 5.75 Å². The third kappa shape index (κ3) is 4.00. The number of rotatable bonds is 6. The van der Waals surface area contributed by atoms with Gasteiger partial charge in [-0.15, -0.1) is 0 Å². The Bertz CT molecular complexity index is 1330. The maximum Gasteiger partial charge on any atom is 0.119 e. The minimum Gasteiger partial charge on any atom is -0.497 e. The molecule has 0 aliphatic rings. The smallest absolute Gasteiger partial charge is 0.119 e. The lowest BCUT2D eigenvalue weighted by Gasteiger charge is -2.17. The summed E-state index contributed by atoms with van der Waals surface area (Å²) in [4.78, 5) is 5.28. The number of pyridine rings is 1. The van der Waals surface area contributed by atoms with E-state index in [1.54, 1.807) is 7.11 Å². The number of aryl methyl sites for hydroxylation is 2. The van der Waals surface area contributed by atoms with Crippen molar-refractivity contribution < 1.29 is 4.74 Å². The van der Waals surface area contributed by atoms with Crippen LogP contribution in [0.2, 0.25) is 0 Å². The zero-order valence-electron chi connectivity index (χ0n) is 18.2. The van der Waals surface area contributed by atoms with Gasteiger partial charge in [0.25, 0.3) is 0 Å². The predicted molar refractivity (Wildman–Crippen MR) is 133 cm³/mol. The lowest BCUT2D eigenvalue weighted by molar-refractivity contribution is 0.415. The topological polar surface area (TPSA) is 22.1 Å². The minimum atomic E-state index is 0.855. The lowest BCUT2D eigenvalue weighted by atomic mass is 9.91. The van der Waals surface area contributed by atoms with Gasteiger partial charge in [-0.3, -0.25) is 4.98 Å². The molecule has 32 heavy (non-hydrogen) atoms. The molecule has 5 rings (SSSR count). The quantitative estimate of drug-likeness (QED) is 0.289. The zero-order chi connectivity index (χ0) is 21.8. The van der Waals surface area contributed by atoms with E-state index in [2.05, 4.69) is 97.1 Å². The van der Waals surface area contributed by atoms with Gasteiger partial charge in [0.2, 0.25) is 0 Å². The highest BCUT2D eigenvalue weighted by atomic mass is 16.5. The second-order valence-corrected chi connectivity index (χ2v) is 7.91. The Balaban J connectivity index is 1.76. The standard InChI is InChI=1S/C30H25NO/c1-32-25-18-19-26-27(21-25)29(23-13-7-3-8-14-23)30(24-15-9-4-10-16-24)31-28(26)20-17-22-11-5-2-6-12-22/h2-16,18-19,21H,17,20H2,1H3. The fourth-order valence-electron chi connectivity index (χ4n) is 4.29. The highest BCUT2D eigenvalue weighted by molar-refractivity contribution is 6.04. The number of hydrogen-bond donors (Lipinski definition) is 0. The van der Waals surface area contributed by atoms with Crippen LogP contribution in [0.25, 0.3) is 33.2 Å². The number of methoxy groups -OCH3 is 1. The Morgan fingerprint density at radius 1 is 0.625 bits per heavy atom. The molecule has 5 aromatic rings. The molecule has 1 heterocycles. The summed E-state index contributed by atoms with van der Waals surface area (Å²) in [7, 11) is 1.72. The average Bonchev–Trinajstić information content (AvgIpc) is 2.88. The van der Waals surface area contributed by atoms with Crippen molar-refractivity contribution in [2.45, 2.75) is 12.8 Å². The van der Waals surface area contributed by atoms with Gasteiger partial charge in [-0.2, -0.15) is 0 Å². The van der Waals surface area contributed by atoms with E-state index in [1.807, 2.05) is 12.1 Å². The molecule has 0 saturated heterocycles. The van der Waals surface area contributed by atoms with Crippen LogP contribution in [0.15, 0.2) is 109 Å². The van der Waals surface area contributed by atoms with E-state index >= 15 is 0 Å². The van der Waals surface area contributed by atoms with Gasteiger partial charge in [-0.1, -0.05) is 91.0 Å². The summed E-state index contributed by atoms with van der Waals surface area (Å²) in [6, 6.07) is 38.0. The molecule has 0 unspecified atom stereocenters. The van der Waals surface area contributed by atoms with E-state index in [0.717, 1.165) is 46.7 Å². The number of hydrogen-bond acceptors (Lipinski definition) is 2. The fraction of sp³-hybridized carbons (Fsp3) is 0.100. The van der Waals surface area contributed by atoms with Crippen LogP contribution in [0, 0.1) is 0 Å². The summed E-state index contributed by atoms with van der Waals surface area (Å²) in [6.45, 7) is 0. The van der Waals surface area contributed by atoms with Crippen LogP contribution in [0.1, 0.15) is 11.3 Å². The number of nitrogens with zero attached hydrogens (tertiary/aromatic N) is 1. The van der Waals surface area contributed by atoms with Crippen LogP contribution in [0.3, 0.4) is 0 Å². The first-order valence-corrected chi connectivity index (χ1v) is 11.0. The second kappa shape index (κ2) is 9.07. The maximum absolute atomic E-state index is 5.61. The third-order valence-electron chi connectivity index (χ3n) is 5.89. The number of benzene rings is 4. The third-order valence-corrected chi connectivity index (χ3v) is 5.89. The summed E-state index contributed by atoms with van der Waals surface area (Å²) in [5, 5.41) is 2.35. The summed E-state index contributed by atoms with van der Waals surface area (Å²) in [6.07, 6.45) is 1.83. The Kier molecular flexibility index (Phi) is 5.67. The maximum atomic E-state index is 5.61. The van der Waals surface area contributed by atoms with Crippen LogP contribution in [-0.4, -0.2) is 12.1 Å². The minimum absolute atomic E-state index is 0.855. The molecular formula is C30H25NO. The zero-order valence-corrected chi connectivity index (χ0v) is 18.2. The van der Waals surface area contributed by atoms with Crippen molar-refractivity contribution >= 4 is 10.8 Å². The highest BCUT2D eigenvalue weighted by Crippen LogP contribution is 2.39. The molecule has 0 bridgehead atoms. The van der Waals surface area contributed by atoms with Gasteiger partial charge in [0.1, 0.15) is 5.75 Å². The Morgan fingerprint density at radius 3 is 1.91 bits per heavy atom. The Labute approximate surface area is 189 Å². The van der Waals surface area contributed by atoms with E-state index in [-0.39, 0.29) is 0 Å². The van der Waals surface area contributed by atoms with Gasteiger partial charge >= 0.3 is 0 Å². The first-order valence-electron chi connectivity index (χ1n) is 11.0. The molecule has 0 aliphatic carbocycles. The summed E-state index contributed by atoms with van der Waals surface area (Å²) in [5.41, 5.74) is 6.88. The van der Waals surface area contributed by atoms with Crippen molar-refractivity contribution in [3.8, 4) is 28.1 Å². The summed E-state index contributed by atoms with van der Waals surface area (Å²) < 4.78 is 5.61. The molecule has 0 fully saturated rings. The van der Waals surface area contributed by atoms with Crippen molar-refractivity contribution in [1.82, 2.24) is 4.98 Å². The van der Waals surface area contributed by atoms with Crippen molar-refractivity contribution in [2.24, 2.45) is 0 Å².